The number of hydrogen-bond acceptors (Lipinski definition) is 7. The molecule has 2 aromatic carbocycles. The van der Waals surface area contributed by atoms with Crippen molar-refractivity contribution in [1.29, 1.82) is 0 Å². The molecule has 0 saturated heterocycles. The molecular weight excluding hydrogens is 384 g/mol. The van der Waals surface area contributed by atoms with Gasteiger partial charge in [0.1, 0.15) is 0 Å². The first-order chi connectivity index (χ1) is 14.5. The Morgan fingerprint density at radius 3 is 2.37 bits per heavy atom. The van der Waals surface area contributed by atoms with Crippen LogP contribution in [-0.2, 0) is 4.79 Å². The number of phenols is 2. The predicted octanol–water partition coefficient (Wildman–Crippen LogP) is 2.82. The number of carbonyl (C=O) groups excluding carboxylic acids is 1. The summed E-state index contributed by atoms with van der Waals surface area (Å²) in [5, 5.41) is 26.0. The van der Waals surface area contributed by atoms with Crippen molar-refractivity contribution < 1.29 is 24.5 Å². The Hall–Kier alpha value is -3.87. The molecule has 0 amide bonds. The van der Waals surface area contributed by atoms with Crippen LogP contribution in [0.1, 0.15) is 11.1 Å². The third-order valence-electron chi connectivity index (χ3n) is 4.50. The Morgan fingerprint density at radius 1 is 0.967 bits per heavy atom. The molecule has 2 aromatic rings. The van der Waals surface area contributed by atoms with E-state index in [-0.39, 0.29) is 17.3 Å². The van der Waals surface area contributed by atoms with Crippen LogP contribution in [0.2, 0.25) is 0 Å². The van der Waals surface area contributed by atoms with Crippen LogP contribution in [0.25, 0.3) is 11.8 Å². The van der Waals surface area contributed by atoms with E-state index < -0.39 is 0 Å². The van der Waals surface area contributed by atoms with Crippen LogP contribution in [0.3, 0.4) is 0 Å². The van der Waals surface area contributed by atoms with E-state index >= 15 is 0 Å². The largest absolute Gasteiger partial charge is 0.504 e. The molecule has 1 aliphatic heterocycles. The van der Waals surface area contributed by atoms with Crippen molar-refractivity contribution in [3.05, 3.63) is 71.5 Å². The Bertz CT molecular complexity index is 1020. The smallest absolute Gasteiger partial charge is 0.180 e. The van der Waals surface area contributed by atoms with Crippen LogP contribution >= 0.6 is 0 Å². The number of ether oxygens (including phenoxy) is 2. The van der Waals surface area contributed by atoms with Gasteiger partial charge in [-0.2, -0.15) is 0 Å². The van der Waals surface area contributed by atoms with E-state index in [9.17, 15) is 15.0 Å². The van der Waals surface area contributed by atoms with Crippen LogP contribution in [0.15, 0.2) is 60.3 Å². The molecule has 4 N–H and O–H groups in total. The molecule has 0 aliphatic carbocycles. The van der Waals surface area contributed by atoms with E-state index in [2.05, 4.69) is 10.6 Å². The zero-order valence-corrected chi connectivity index (χ0v) is 16.8. The highest BCUT2D eigenvalue weighted by Gasteiger charge is 2.11. The number of nitrogens with one attached hydrogen (secondary N) is 2. The number of ketones is 1. The summed E-state index contributed by atoms with van der Waals surface area (Å²) in [6, 6.07) is 9.94. The molecular formula is C23H24N2O5. The first kappa shape index (κ1) is 20.9. The summed E-state index contributed by atoms with van der Waals surface area (Å²) in [5.41, 5.74) is 3.04. The highest BCUT2D eigenvalue weighted by atomic mass is 16.5. The van der Waals surface area contributed by atoms with Gasteiger partial charge in [0.05, 0.1) is 14.2 Å². The number of rotatable bonds is 6. The molecule has 0 radical (unpaired) electrons. The molecule has 0 unspecified atom stereocenters. The van der Waals surface area contributed by atoms with Crippen molar-refractivity contribution in [2.45, 2.75) is 0 Å². The molecule has 0 fully saturated rings. The molecule has 7 nitrogen and oxygen atoms in total. The second-order valence-corrected chi connectivity index (χ2v) is 6.56. The molecule has 0 saturated carbocycles. The summed E-state index contributed by atoms with van der Waals surface area (Å²) in [5.74, 6) is 0.639. The Kier molecular flexibility index (Phi) is 6.64. The molecule has 30 heavy (non-hydrogen) atoms. The van der Waals surface area contributed by atoms with Gasteiger partial charge in [-0.1, -0.05) is 12.1 Å². The van der Waals surface area contributed by atoms with Gasteiger partial charge in [0.2, 0.25) is 0 Å². The number of aromatic hydroxyl groups is 2. The summed E-state index contributed by atoms with van der Waals surface area (Å²) >= 11 is 0. The second-order valence-electron chi connectivity index (χ2n) is 6.56. The first-order valence-electron chi connectivity index (χ1n) is 9.37. The number of carbonyl (C=O) groups is 1. The summed E-state index contributed by atoms with van der Waals surface area (Å²) in [7, 11) is 2.97. The molecule has 0 atom stereocenters. The maximum Gasteiger partial charge on any atom is 0.180 e. The fourth-order valence-electron chi connectivity index (χ4n) is 2.96. The zero-order chi connectivity index (χ0) is 21.5. The zero-order valence-electron chi connectivity index (χ0n) is 16.8. The van der Waals surface area contributed by atoms with Crippen molar-refractivity contribution in [1.82, 2.24) is 10.6 Å². The van der Waals surface area contributed by atoms with E-state index in [0.717, 1.165) is 16.8 Å². The average Bonchev–Trinajstić information content (AvgIpc) is 2.99. The van der Waals surface area contributed by atoms with Gasteiger partial charge in [-0.15, -0.1) is 0 Å². The summed E-state index contributed by atoms with van der Waals surface area (Å²) < 4.78 is 10.2. The number of hydrogen-bond donors (Lipinski definition) is 4. The Morgan fingerprint density at radius 2 is 1.63 bits per heavy atom. The van der Waals surface area contributed by atoms with Gasteiger partial charge in [-0.25, -0.2) is 0 Å². The fraction of sp³-hybridized carbons (Fsp3) is 0.174. The summed E-state index contributed by atoms with van der Waals surface area (Å²) in [6.07, 6.45) is 6.47. The van der Waals surface area contributed by atoms with Crippen molar-refractivity contribution in [3.8, 4) is 23.0 Å². The summed E-state index contributed by atoms with van der Waals surface area (Å²) in [6.45, 7) is 1.32. The lowest BCUT2D eigenvalue weighted by Crippen LogP contribution is -2.21. The standard InChI is InChI=1S/C23H24N2O5/c1-29-22-11-15(4-7-20(22)27)3-6-18(26)13-17-14-19(25-10-9-24-17)16-5-8-21(28)23(12-16)30-2/h3-8,11-14,24-25,27-28H,9-10H2,1-2H3/b6-3+,17-13-. The van der Waals surface area contributed by atoms with E-state index in [1.807, 2.05) is 6.08 Å². The van der Waals surface area contributed by atoms with Gasteiger partial charge in [-0.05, 0) is 48.0 Å². The molecule has 0 spiro atoms. The van der Waals surface area contributed by atoms with E-state index in [4.69, 9.17) is 9.47 Å². The normalized spacial score (nSPS) is 15.1. The van der Waals surface area contributed by atoms with Gasteiger partial charge in [0, 0.05) is 36.1 Å². The average molecular weight is 408 g/mol. The minimum absolute atomic E-state index is 0.0433. The van der Waals surface area contributed by atoms with Crippen molar-refractivity contribution in [3.63, 3.8) is 0 Å². The van der Waals surface area contributed by atoms with Crippen LogP contribution in [0, 0.1) is 0 Å². The second kappa shape index (κ2) is 9.56. The monoisotopic (exact) mass is 408 g/mol. The molecule has 0 bridgehead atoms. The minimum atomic E-state index is -0.190. The maximum absolute atomic E-state index is 12.4. The molecule has 0 aromatic heterocycles. The van der Waals surface area contributed by atoms with Crippen molar-refractivity contribution in [2.75, 3.05) is 27.3 Å². The Labute approximate surface area is 175 Å². The molecule has 1 heterocycles. The third kappa shape index (κ3) is 5.14. The topological polar surface area (TPSA) is 100 Å². The lowest BCUT2D eigenvalue weighted by atomic mass is 10.1. The van der Waals surface area contributed by atoms with E-state index in [1.54, 1.807) is 36.4 Å². The minimum Gasteiger partial charge on any atom is -0.504 e. The third-order valence-corrected chi connectivity index (χ3v) is 4.50. The molecule has 7 heteroatoms. The lowest BCUT2D eigenvalue weighted by Gasteiger charge is -2.10. The van der Waals surface area contributed by atoms with Crippen LogP contribution in [0.4, 0.5) is 0 Å². The lowest BCUT2D eigenvalue weighted by molar-refractivity contribution is -0.110. The van der Waals surface area contributed by atoms with Crippen molar-refractivity contribution in [2.24, 2.45) is 0 Å². The first-order valence-corrected chi connectivity index (χ1v) is 9.37. The van der Waals surface area contributed by atoms with Crippen molar-refractivity contribution >= 4 is 17.6 Å². The van der Waals surface area contributed by atoms with Gasteiger partial charge in [0.15, 0.2) is 28.8 Å². The number of benzene rings is 2. The van der Waals surface area contributed by atoms with Crippen LogP contribution < -0.4 is 20.1 Å². The van der Waals surface area contributed by atoms with Crippen LogP contribution in [-0.4, -0.2) is 43.3 Å². The molecule has 156 valence electrons. The molecule has 3 rings (SSSR count). The fourth-order valence-corrected chi connectivity index (χ4v) is 2.96. The van der Waals surface area contributed by atoms with Gasteiger partial charge < -0.3 is 30.3 Å². The van der Waals surface area contributed by atoms with Gasteiger partial charge in [0.25, 0.3) is 0 Å². The van der Waals surface area contributed by atoms with Crippen LogP contribution in [0.5, 0.6) is 23.0 Å². The number of methoxy groups -OCH3 is 2. The number of allylic oxidation sites excluding steroid dienone is 3. The van der Waals surface area contributed by atoms with Gasteiger partial charge >= 0.3 is 0 Å². The van der Waals surface area contributed by atoms with E-state index in [0.29, 0.717) is 30.3 Å². The highest BCUT2D eigenvalue weighted by Crippen LogP contribution is 2.29. The molecule has 1 aliphatic rings. The highest BCUT2D eigenvalue weighted by molar-refractivity contribution is 6.02. The quantitative estimate of drug-likeness (QED) is 0.546. The van der Waals surface area contributed by atoms with E-state index in [1.165, 1.54) is 32.4 Å². The SMILES string of the molecule is COc1cc(/C=C/C(=O)/C=C2/C=C(c3ccc(O)c(OC)c3)NCCN2)ccc1O. The number of phenolic OH excluding ortho intramolecular Hbond substituents is 2. The van der Waals surface area contributed by atoms with Gasteiger partial charge in [-0.3, -0.25) is 4.79 Å². The maximum atomic E-state index is 12.4. The summed E-state index contributed by atoms with van der Waals surface area (Å²) in [4.78, 5) is 12.4. The predicted molar refractivity (Wildman–Crippen MR) is 115 cm³/mol. The Balaban J connectivity index is 1.81.